The number of likely N-dealkylation sites (tertiary alicyclic amines) is 1. The van der Waals surface area contributed by atoms with E-state index in [1.54, 1.807) is 36.4 Å². The number of benzene rings is 3. The average molecular weight is 554 g/mol. The van der Waals surface area contributed by atoms with Crippen LogP contribution in [-0.2, 0) is 22.3 Å². The van der Waals surface area contributed by atoms with Crippen molar-refractivity contribution in [1.82, 2.24) is 14.7 Å². The van der Waals surface area contributed by atoms with E-state index in [-0.39, 0.29) is 23.2 Å². The normalized spacial score (nSPS) is 15.4. The molecule has 1 saturated heterocycles. The Labute approximate surface area is 227 Å². The van der Waals surface area contributed by atoms with Crippen LogP contribution < -0.4 is 0 Å². The molecular formula is C29H23ClF3N3O3. The Morgan fingerprint density at radius 3 is 2.36 bits per heavy atom. The molecule has 1 aliphatic rings. The zero-order valence-corrected chi connectivity index (χ0v) is 21.3. The molecule has 0 spiro atoms. The van der Waals surface area contributed by atoms with Crippen LogP contribution in [0.4, 0.5) is 13.2 Å². The lowest BCUT2D eigenvalue weighted by Crippen LogP contribution is -2.41. The van der Waals surface area contributed by atoms with Crippen LogP contribution in [0.3, 0.4) is 0 Å². The summed E-state index contributed by atoms with van der Waals surface area (Å²) in [4.78, 5) is 27.5. The van der Waals surface area contributed by atoms with Gasteiger partial charge in [0.15, 0.2) is 5.69 Å². The highest BCUT2D eigenvalue weighted by atomic mass is 35.5. The first kappa shape index (κ1) is 26.5. The third-order valence-corrected chi connectivity index (χ3v) is 6.84. The van der Waals surface area contributed by atoms with Crippen molar-refractivity contribution in [3.05, 3.63) is 107 Å². The molecule has 4 aromatic rings. The number of ether oxygens (including phenoxy) is 1. The first-order valence-electron chi connectivity index (χ1n) is 12.3. The van der Waals surface area contributed by atoms with Crippen molar-refractivity contribution in [2.45, 2.75) is 31.7 Å². The third kappa shape index (κ3) is 5.68. The second kappa shape index (κ2) is 10.9. The highest BCUT2D eigenvalue weighted by Crippen LogP contribution is 2.35. The SMILES string of the molecule is O=C(OCc1ccccc1)[C@@H]1CCCN1C(=O)c1ccc(-c2cc(C(F)(F)F)nn2-c2ccccc2Cl)cc1. The fourth-order valence-corrected chi connectivity index (χ4v) is 4.78. The van der Waals surface area contributed by atoms with Crippen LogP contribution in [0.1, 0.15) is 34.5 Å². The number of halogens is 4. The molecule has 0 bridgehead atoms. The van der Waals surface area contributed by atoms with Gasteiger partial charge in [-0.05, 0) is 48.7 Å². The third-order valence-electron chi connectivity index (χ3n) is 6.52. The first-order chi connectivity index (χ1) is 18.7. The summed E-state index contributed by atoms with van der Waals surface area (Å²) in [5.41, 5.74) is 0.960. The van der Waals surface area contributed by atoms with E-state index < -0.39 is 23.9 Å². The summed E-state index contributed by atoms with van der Waals surface area (Å²) in [6.45, 7) is 0.520. The smallest absolute Gasteiger partial charge is 0.435 e. The van der Waals surface area contributed by atoms with Gasteiger partial charge >= 0.3 is 12.1 Å². The molecule has 3 aromatic carbocycles. The van der Waals surface area contributed by atoms with Gasteiger partial charge in [0.2, 0.25) is 0 Å². The summed E-state index contributed by atoms with van der Waals surface area (Å²) >= 11 is 6.25. The molecule has 0 radical (unpaired) electrons. The molecule has 39 heavy (non-hydrogen) atoms. The summed E-state index contributed by atoms with van der Waals surface area (Å²) in [7, 11) is 0. The van der Waals surface area contributed by atoms with Crippen molar-refractivity contribution >= 4 is 23.5 Å². The van der Waals surface area contributed by atoms with E-state index >= 15 is 0 Å². The molecule has 6 nitrogen and oxygen atoms in total. The molecule has 1 amide bonds. The molecule has 1 atom stereocenters. The summed E-state index contributed by atoms with van der Waals surface area (Å²) in [6, 6.07) is 22.1. The molecule has 0 saturated carbocycles. The Kier molecular flexibility index (Phi) is 7.43. The van der Waals surface area contributed by atoms with Gasteiger partial charge in [0.05, 0.1) is 16.4 Å². The predicted octanol–water partition coefficient (Wildman–Crippen LogP) is 6.56. The molecule has 200 valence electrons. The zero-order valence-electron chi connectivity index (χ0n) is 20.6. The van der Waals surface area contributed by atoms with Gasteiger partial charge in [-0.3, -0.25) is 4.79 Å². The molecular weight excluding hydrogens is 531 g/mol. The summed E-state index contributed by atoms with van der Waals surface area (Å²) in [5.74, 6) is -0.819. The first-order valence-corrected chi connectivity index (χ1v) is 12.6. The Morgan fingerprint density at radius 1 is 0.974 bits per heavy atom. The van der Waals surface area contributed by atoms with E-state index in [4.69, 9.17) is 16.3 Å². The van der Waals surface area contributed by atoms with Crippen LogP contribution in [0.25, 0.3) is 16.9 Å². The standard InChI is InChI=1S/C29H23ClF3N3O3/c30-22-9-4-5-10-23(22)36-25(17-26(34-36)29(31,32)33)20-12-14-21(15-13-20)27(37)35-16-6-11-24(35)28(38)39-18-19-7-2-1-3-8-19/h1-5,7-10,12-15,17,24H,6,11,16,18H2/t24-/m0/s1. The van der Waals surface area contributed by atoms with Crippen LogP contribution in [-0.4, -0.2) is 39.1 Å². The molecule has 1 fully saturated rings. The van der Waals surface area contributed by atoms with Gasteiger partial charge in [0.25, 0.3) is 5.91 Å². The van der Waals surface area contributed by atoms with Crippen LogP contribution in [0, 0.1) is 0 Å². The summed E-state index contributed by atoms with van der Waals surface area (Å²) in [5, 5.41) is 4.00. The van der Waals surface area contributed by atoms with Gasteiger partial charge in [-0.1, -0.05) is 66.2 Å². The Hall–Kier alpha value is -4.11. The number of rotatable bonds is 6. The van der Waals surface area contributed by atoms with E-state index in [0.29, 0.717) is 36.2 Å². The maximum absolute atomic E-state index is 13.5. The van der Waals surface area contributed by atoms with Crippen molar-refractivity contribution in [1.29, 1.82) is 0 Å². The molecule has 0 N–H and O–H groups in total. The van der Waals surface area contributed by atoms with Crippen molar-refractivity contribution < 1.29 is 27.5 Å². The molecule has 1 aromatic heterocycles. The van der Waals surface area contributed by atoms with Gasteiger partial charge in [-0.15, -0.1) is 0 Å². The van der Waals surface area contributed by atoms with E-state index in [1.807, 2.05) is 30.3 Å². The average Bonchev–Trinajstić information content (AvgIpc) is 3.61. The fraction of sp³-hybridized carbons (Fsp3) is 0.207. The fourth-order valence-electron chi connectivity index (χ4n) is 4.56. The number of amides is 1. The van der Waals surface area contributed by atoms with Gasteiger partial charge < -0.3 is 9.64 Å². The lowest BCUT2D eigenvalue weighted by atomic mass is 10.1. The summed E-state index contributed by atoms with van der Waals surface area (Å²) in [6.07, 6.45) is -3.50. The minimum absolute atomic E-state index is 0.117. The van der Waals surface area contributed by atoms with Gasteiger partial charge in [0, 0.05) is 17.7 Å². The van der Waals surface area contributed by atoms with E-state index in [2.05, 4.69) is 5.10 Å². The van der Waals surface area contributed by atoms with Crippen molar-refractivity contribution in [3.8, 4) is 16.9 Å². The van der Waals surface area contributed by atoms with Crippen LogP contribution in [0.2, 0.25) is 5.02 Å². The Balaban J connectivity index is 1.37. The van der Waals surface area contributed by atoms with E-state index in [1.165, 1.54) is 17.0 Å². The number of hydrogen-bond donors (Lipinski definition) is 0. The maximum atomic E-state index is 13.5. The predicted molar refractivity (Wildman–Crippen MR) is 139 cm³/mol. The lowest BCUT2D eigenvalue weighted by molar-refractivity contribution is -0.149. The number of carbonyl (C=O) groups is 2. The zero-order chi connectivity index (χ0) is 27.6. The number of nitrogens with zero attached hydrogens (tertiary/aromatic N) is 3. The number of esters is 1. The Bertz CT molecular complexity index is 1490. The van der Waals surface area contributed by atoms with Gasteiger partial charge in [0.1, 0.15) is 12.6 Å². The number of hydrogen-bond acceptors (Lipinski definition) is 4. The van der Waals surface area contributed by atoms with Crippen molar-refractivity contribution in [3.63, 3.8) is 0 Å². The van der Waals surface area contributed by atoms with Crippen LogP contribution in [0.5, 0.6) is 0 Å². The van der Waals surface area contributed by atoms with Crippen LogP contribution in [0.15, 0.2) is 84.9 Å². The maximum Gasteiger partial charge on any atom is 0.435 e. The number of carbonyl (C=O) groups excluding carboxylic acids is 2. The van der Waals surface area contributed by atoms with Gasteiger partial charge in [-0.25, -0.2) is 9.48 Å². The topological polar surface area (TPSA) is 64.4 Å². The largest absolute Gasteiger partial charge is 0.459 e. The van der Waals surface area contributed by atoms with Crippen molar-refractivity contribution in [2.24, 2.45) is 0 Å². The van der Waals surface area contributed by atoms with Gasteiger partial charge in [-0.2, -0.15) is 18.3 Å². The minimum atomic E-state index is -4.66. The molecule has 5 rings (SSSR count). The number of para-hydroxylation sites is 1. The molecule has 2 heterocycles. The number of alkyl halides is 3. The second-order valence-corrected chi connectivity index (χ2v) is 9.51. The lowest BCUT2D eigenvalue weighted by Gasteiger charge is -2.23. The summed E-state index contributed by atoms with van der Waals surface area (Å²) < 4.78 is 47.1. The van der Waals surface area contributed by atoms with Crippen molar-refractivity contribution in [2.75, 3.05) is 6.54 Å². The number of aromatic nitrogens is 2. The van der Waals surface area contributed by atoms with Crippen LogP contribution >= 0.6 is 11.6 Å². The molecule has 0 aliphatic carbocycles. The van der Waals surface area contributed by atoms with E-state index in [0.717, 1.165) is 16.3 Å². The Morgan fingerprint density at radius 2 is 1.67 bits per heavy atom. The second-order valence-electron chi connectivity index (χ2n) is 9.10. The minimum Gasteiger partial charge on any atom is -0.459 e. The quantitative estimate of drug-likeness (QED) is 0.254. The monoisotopic (exact) mass is 553 g/mol. The van der Waals surface area contributed by atoms with E-state index in [9.17, 15) is 22.8 Å². The molecule has 0 unspecified atom stereocenters. The highest BCUT2D eigenvalue weighted by molar-refractivity contribution is 6.32. The highest BCUT2D eigenvalue weighted by Gasteiger charge is 2.37. The molecule has 10 heteroatoms. The molecule has 1 aliphatic heterocycles.